The van der Waals surface area contributed by atoms with Gasteiger partial charge in [0.05, 0.1) is 19.0 Å². The number of ether oxygens (including phenoxy) is 1. The van der Waals surface area contributed by atoms with Crippen LogP contribution in [-0.2, 0) is 19.0 Å². The van der Waals surface area contributed by atoms with Crippen molar-refractivity contribution in [3.05, 3.63) is 0 Å². The van der Waals surface area contributed by atoms with E-state index in [1.165, 1.54) is 0 Å². The highest BCUT2D eigenvalue weighted by atomic mass is 32.2. The summed E-state index contributed by atoms with van der Waals surface area (Å²) in [5, 5.41) is 0. The van der Waals surface area contributed by atoms with Gasteiger partial charge in [-0.1, -0.05) is 0 Å². The molecule has 0 amide bonds. The van der Waals surface area contributed by atoms with Crippen molar-refractivity contribution in [1.29, 1.82) is 0 Å². The molecular weight excluding hydrogens is 180 g/mol. The molecule has 0 aliphatic heterocycles. The third-order valence-electron chi connectivity index (χ3n) is 2.15. The molecule has 72 valence electrons. The van der Waals surface area contributed by atoms with Crippen LogP contribution < -0.4 is 0 Å². The predicted molar refractivity (Wildman–Crippen MR) is 44.3 cm³/mol. The molecule has 4 nitrogen and oxygen atoms in total. The standard InChI is InChI=1S/C7H14O4S/c1-10-7-4-3-6(7)5-11-12(2,8)9/h6-7H,3-5H2,1-2H3/t6?,7-/m0/s1. The smallest absolute Gasteiger partial charge is 0.264 e. The minimum absolute atomic E-state index is 0.187. The lowest BCUT2D eigenvalue weighted by Crippen LogP contribution is -2.36. The minimum atomic E-state index is -3.28. The van der Waals surface area contributed by atoms with Crippen LogP contribution in [0.1, 0.15) is 12.8 Å². The van der Waals surface area contributed by atoms with Crippen molar-refractivity contribution in [2.45, 2.75) is 18.9 Å². The van der Waals surface area contributed by atoms with Crippen LogP contribution in [0.5, 0.6) is 0 Å². The molecule has 0 heterocycles. The molecule has 0 aromatic heterocycles. The molecule has 0 aromatic rings. The van der Waals surface area contributed by atoms with Crippen LogP contribution in [0.15, 0.2) is 0 Å². The molecule has 1 unspecified atom stereocenters. The van der Waals surface area contributed by atoms with E-state index in [2.05, 4.69) is 4.18 Å². The Morgan fingerprint density at radius 3 is 2.42 bits per heavy atom. The Kier molecular flexibility index (Phi) is 3.09. The first-order valence-electron chi connectivity index (χ1n) is 3.90. The fourth-order valence-electron chi connectivity index (χ4n) is 1.25. The second kappa shape index (κ2) is 3.72. The Labute approximate surface area is 73.0 Å². The van der Waals surface area contributed by atoms with Crippen LogP contribution in [0.2, 0.25) is 0 Å². The summed E-state index contributed by atoms with van der Waals surface area (Å²) >= 11 is 0. The summed E-state index contributed by atoms with van der Waals surface area (Å²) in [6, 6.07) is 0. The first-order chi connectivity index (χ1) is 5.53. The van der Waals surface area contributed by atoms with Gasteiger partial charge in [-0.2, -0.15) is 8.42 Å². The molecule has 1 saturated carbocycles. The van der Waals surface area contributed by atoms with Gasteiger partial charge in [-0.3, -0.25) is 4.18 Å². The Bertz CT molecular complexity index is 232. The van der Waals surface area contributed by atoms with Gasteiger partial charge in [0.15, 0.2) is 0 Å². The quantitative estimate of drug-likeness (QED) is 0.607. The summed E-state index contributed by atoms with van der Waals surface area (Å²) < 4.78 is 31.0. The third kappa shape index (κ3) is 2.73. The van der Waals surface area contributed by atoms with E-state index in [9.17, 15) is 8.42 Å². The zero-order valence-electron chi connectivity index (χ0n) is 7.32. The minimum Gasteiger partial charge on any atom is -0.381 e. The van der Waals surface area contributed by atoms with E-state index < -0.39 is 10.1 Å². The van der Waals surface area contributed by atoms with Gasteiger partial charge in [0, 0.05) is 13.0 Å². The van der Waals surface area contributed by atoms with Gasteiger partial charge in [0.1, 0.15) is 0 Å². The normalized spacial score (nSPS) is 29.8. The Morgan fingerprint density at radius 2 is 2.08 bits per heavy atom. The molecule has 1 rings (SSSR count). The maximum Gasteiger partial charge on any atom is 0.264 e. The Morgan fingerprint density at radius 1 is 1.42 bits per heavy atom. The molecule has 0 aromatic carbocycles. The second-order valence-electron chi connectivity index (χ2n) is 3.10. The zero-order chi connectivity index (χ0) is 9.19. The van der Waals surface area contributed by atoms with Gasteiger partial charge in [-0.15, -0.1) is 0 Å². The summed E-state index contributed by atoms with van der Waals surface area (Å²) in [5.41, 5.74) is 0. The zero-order valence-corrected chi connectivity index (χ0v) is 8.13. The summed E-state index contributed by atoms with van der Waals surface area (Å²) in [7, 11) is -1.65. The van der Waals surface area contributed by atoms with Crippen LogP contribution in [0.25, 0.3) is 0 Å². The van der Waals surface area contributed by atoms with E-state index in [1.54, 1.807) is 7.11 Å². The highest BCUT2D eigenvalue weighted by molar-refractivity contribution is 7.85. The summed E-state index contributed by atoms with van der Waals surface area (Å²) in [6.45, 7) is 0.261. The molecule has 0 bridgehead atoms. The second-order valence-corrected chi connectivity index (χ2v) is 4.74. The SMILES string of the molecule is CO[C@H]1CCC1COS(C)(=O)=O. The van der Waals surface area contributed by atoms with Crippen LogP contribution in [0, 0.1) is 5.92 Å². The first kappa shape index (κ1) is 9.95. The number of rotatable bonds is 4. The predicted octanol–water partition coefficient (Wildman–Crippen LogP) is 0.388. The molecule has 1 aliphatic carbocycles. The van der Waals surface area contributed by atoms with Gasteiger partial charge in [-0.05, 0) is 12.8 Å². The van der Waals surface area contributed by atoms with Crippen molar-refractivity contribution in [2.24, 2.45) is 5.92 Å². The van der Waals surface area contributed by atoms with E-state index in [0.717, 1.165) is 19.1 Å². The summed E-state index contributed by atoms with van der Waals surface area (Å²) in [4.78, 5) is 0. The highest BCUT2D eigenvalue weighted by Gasteiger charge is 2.31. The Balaban J connectivity index is 2.25. The Hall–Kier alpha value is -0.130. The lowest BCUT2D eigenvalue weighted by Gasteiger charge is -2.34. The van der Waals surface area contributed by atoms with E-state index in [0.29, 0.717) is 0 Å². The van der Waals surface area contributed by atoms with Crippen LogP contribution in [0.3, 0.4) is 0 Å². The molecule has 0 radical (unpaired) electrons. The molecule has 5 heteroatoms. The third-order valence-corrected chi connectivity index (χ3v) is 2.71. The van der Waals surface area contributed by atoms with Crippen molar-refractivity contribution in [3.63, 3.8) is 0 Å². The van der Waals surface area contributed by atoms with E-state index in [-0.39, 0.29) is 18.6 Å². The molecule has 1 aliphatic rings. The van der Waals surface area contributed by atoms with Gasteiger partial charge in [0.25, 0.3) is 10.1 Å². The molecule has 0 spiro atoms. The number of methoxy groups -OCH3 is 1. The van der Waals surface area contributed by atoms with E-state index in [1.807, 2.05) is 0 Å². The van der Waals surface area contributed by atoms with Crippen molar-refractivity contribution < 1.29 is 17.3 Å². The maximum absolute atomic E-state index is 10.6. The first-order valence-corrected chi connectivity index (χ1v) is 5.72. The van der Waals surface area contributed by atoms with Crippen molar-refractivity contribution in [3.8, 4) is 0 Å². The molecule has 1 fully saturated rings. The van der Waals surface area contributed by atoms with E-state index >= 15 is 0 Å². The topological polar surface area (TPSA) is 52.6 Å². The van der Waals surface area contributed by atoms with Gasteiger partial charge in [0.2, 0.25) is 0 Å². The van der Waals surface area contributed by atoms with Crippen molar-refractivity contribution in [2.75, 3.05) is 20.0 Å². The summed E-state index contributed by atoms with van der Waals surface area (Å²) in [5.74, 6) is 0.254. The number of hydrogen-bond acceptors (Lipinski definition) is 4. The summed E-state index contributed by atoms with van der Waals surface area (Å²) in [6.07, 6.45) is 3.25. The maximum atomic E-state index is 10.6. The molecule has 2 atom stereocenters. The van der Waals surface area contributed by atoms with Crippen LogP contribution >= 0.6 is 0 Å². The average Bonchev–Trinajstić information content (AvgIpc) is 1.83. The fourth-order valence-corrected chi connectivity index (χ4v) is 1.67. The molecular formula is C7H14O4S. The lowest BCUT2D eigenvalue weighted by molar-refractivity contribution is -0.0333. The van der Waals surface area contributed by atoms with Crippen molar-refractivity contribution >= 4 is 10.1 Å². The molecule has 0 N–H and O–H groups in total. The number of hydrogen-bond donors (Lipinski definition) is 0. The average molecular weight is 194 g/mol. The molecule has 0 saturated heterocycles. The van der Waals surface area contributed by atoms with E-state index in [4.69, 9.17) is 4.74 Å². The van der Waals surface area contributed by atoms with Crippen LogP contribution in [-0.4, -0.2) is 34.5 Å². The largest absolute Gasteiger partial charge is 0.381 e. The van der Waals surface area contributed by atoms with Gasteiger partial charge < -0.3 is 4.74 Å². The van der Waals surface area contributed by atoms with Gasteiger partial charge >= 0.3 is 0 Å². The van der Waals surface area contributed by atoms with Gasteiger partial charge in [-0.25, -0.2) is 0 Å². The van der Waals surface area contributed by atoms with Crippen LogP contribution in [0.4, 0.5) is 0 Å². The van der Waals surface area contributed by atoms with Crippen molar-refractivity contribution in [1.82, 2.24) is 0 Å². The fraction of sp³-hybridized carbons (Fsp3) is 1.00. The molecule has 12 heavy (non-hydrogen) atoms. The monoisotopic (exact) mass is 194 g/mol. The lowest BCUT2D eigenvalue weighted by atomic mass is 9.83. The highest BCUT2D eigenvalue weighted by Crippen LogP contribution is 2.30.